The van der Waals surface area contributed by atoms with Crippen molar-refractivity contribution in [2.24, 2.45) is 0 Å². The predicted octanol–water partition coefficient (Wildman–Crippen LogP) is 0.891. The lowest BCUT2D eigenvalue weighted by molar-refractivity contribution is -0.141. The molecule has 0 aromatic heterocycles. The van der Waals surface area contributed by atoms with E-state index in [0.717, 1.165) is 6.08 Å². The molecule has 0 spiro atoms. The van der Waals surface area contributed by atoms with E-state index in [1.807, 2.05) is 6.92 Å². The van der Waals surface area contributed by atoms with Gasteiger partial charge in [-0.05, 0) is 6.42 Å². The van der Waals surface area contributed by atoms with Crippen molar-refractivity contribution in [1.29, 1.82) is 0 Å². The molecule has 1 N–H and O–H groups in total. The lowest BCUT2D eigenvalue weighted by Gasteiger charge is -2.14. The number of ether oxygens (including phenoxy) is 1. The third-order valence-corrected chi connectivity index (χ3v) is 1.39. The molecule has 15 heavy (non-hydrogen) atoms. The number of nitrogens with zero attached hydrogens (tertiary/aromatic N) is 1. The smallest absolute Gasteiger partial charge is 0.354 e. The highest BCUT2D eigenvalue weighted by Crippen LogP contribution is 2.02. The summed E-state index contributed by atoms with van der Waals surface area (Å²) in [6, 6.07) is 0. The van der Waals surface area contributed by atoms with Crippen LogP contribution in [0.2, 0.25) is 0 Å². The number of carbonyl (C=O) groups is 2. The van der Waals surface area contributed by atoms with E-state index in [4.69, 9.17) is 9.84 Å². The first kappa shape index (κ1) is 16.2. The molecule has 0 atom stereocenters. The van der Waals surface area contributed by atoms with Gasteiger partial charge >= 0.3 is 11.9 Å². The number of aliphatic carboxylic acids is 1. The Hall–Kier alpha value is -1.23. The summed E-state index contributed by atoms with van der Waals surface area (Å²) in [7, 11) is 3.17. The number of halogens is 1. The average Bonchev–Trinajstić information content (AvgIpc) is 2.09. The average molecular weight is 238 g/mol. The van der Waals surface area contributed by atoms with E-state index >= 15 is 0 Å². The number of carboxylic acids is 1. The van der Waals surface area contributed by atoms with Gasteiger partial charge in [0.05, 0.1) is 12.7 Å². The molecule has 5 nitrogen and oxygen atoms in total. The molecule has 0 bridgehead atoms. The largest absolute Gasteiger partial charge is 0.478 e. The predicted molar refractivity (Wildman–Crippen MR) is 57.9 cm³/mol. The fourth-order valence-electron chi connectivity index (χ4n) is 0.756. The van der Waals surface area contributed by atoms with E-state index < -0.39 is 11.9 Å². The Labute approximate surface area is 95.1 Å². The number of esters is 1. The zero-order chi connectivity index (χ0) is 11.1. The Morgan fingerprint density at radius 2 is 1.93 bits per heavy atom. The fourth-order valence-corrected chi connectivity index (χ4v) is 0.756. The maximum Gasteiger partial charge on any atom is 0.354 e. The number of likely N-dealkylation sites (N-methyl/N-ethyl adjacent to an activating group) is 1. The number of hydrogen-bond acceptors (Lipinski definition) is 4. The van der Waals surface area contributed by atoms with Gasteiger partial charge in [0.2, 0.25) is 0 Å². The quantitative estimate of drug-likeness (QED) is 0.568. The van der Waals surface area contributed by atoms with E-state index in [2.05, 4.69) is 0 Å². The first-order valence-electron chi connectivity index (χ1n) is 4.28. The topological polar surface area (TPSA) is 66.8 Å². The molecule has 0 unspecified atom stereocenters. The Morgan fingerprint density at radius 3 is 2.27 bits per heavy atom. The Kier molecular flexibility index (Phi) is 8.76. The standard InChI is InChI=1S/C9H15NO4.ClH/c1-4-5-14-9(13)7(10(2)3)6-8(11)12;/h6H,4-5H2,1-3H3,(H,11,12);1H/b7-6-;. The van der Waals surface area contributed by atoms with Crippen LogP contribution in [-0.2, 0) is 14.3 Å². The van der Waals surface area contributed by atoms with Gasteiger partial charge in [0.15, 0.2) is 0 Å². The molecule has 6 heteroatoms. The summed E-state index contributed by atoms with van der Waals surface area (Å²) >= 11 is 0. The number of carboxylic acid groups (broad SMARTS) is 1. The lowest BCUT2D eigenvalue weighted by Crippen LogP contribution is -2.22. The summed E-state index contributed by atoms with van der Waals surface area (Å²) in [6.45, 7) is 2.16. The zero-order valence-corrected chi connectivity index (χ0v) is 9.84. The molecule has 0 aliphatic heterocycles. The van der Waals surface area contributed by atoms with Gasteiger partial charge in [0.25, 0.3) is 0 Å². The van der Waals surface area contributed by atoms with Crippen LogP contribution in [0.15, 0.2) is 11.8 Å². The monoisotopic (exact) mass is 237 g/mol. The summed E-state index contributed by atoms with van der Waals surface area (Å²) in [6.07, 6.45) is 1.54. The summed E-state index contributed by atoms with van der Waals surface area (Å²) in [5.74, 6) is -1.78. The van der Waals surface area contributed by atoms with Gasteiger partial charge in [-0.25, -0.2) is 9.59 Å². The van der Waals surface area contributed by atoms with E-state index in [1.165, 1.54) is 4.90 Å². The van der Waals surface area contributed by atoms with Crippen molar-refractivity contribution < 1.29 is 19.4 Å². The van der Waals surface area contributed by atoms with Crippen LogP contribution in [0.25, 0.3) is 0 Å². The van der Waals surface area contributed by atoms with E-state index in [-0.39, 0.29) is 18.1 Å². The van der Waals surface area contributed by atoms with Crippen LogP contribution >= 0.6 is 12.4 Å². The summed E-state index contributed by atoms with van der Waals surface area (Å²) in [5.41, 5.74) is 0.0333. The highest BCUT2D eigenvalue weighted by molar-refractivity contribution is 5.95. The van der Waals surface area contributed by atoms with Crippen LogP contribution < -0.4 is 0 Å². The molecule has 0 amide bonds. The van der Waals surface area contributed by atoms with Crippen molar-refractivity contribution in [1.82, 2.24) is 4.90 Å². The summed E-state index contributed by atoms with van der Waals surface area (Å²) in [5, 5.41) is 8.50. The number of rotatable bonds is 5. The second-order valence-corrected chi connectivity index (χ2v) is 2.90. The van der Waals surface area contributed by atoms with Crippen LogP contribution in [0.3, 0.4) is 0 Å². The Bertz CT molecular complexity index is 250. The lowest BCUT2D eigenvalue weighted by atomic mass is 10.3. The molecule has 0 aromatic carbocycles. The van der Waals surface area contributed by atoms with Gasteiger partial charge in [-0.2, -0.15) is 0 Å². The van der Waals surface area contributed by atoms with Crippen LogP contribution in [0, 0.1) is 0 Å². The van der Waals surface area contributed by atoms with Crippen molar-refractivity contribution in [3.63, 3.8) is 0 Å². The van der Waals surface area contributed by atoms with Gasteiger partial charge in [-0.1, -0.05) is 6.92 Å². The molecule has 88 valence electrons. The number of carbonyl (C=O) groups excluding carboxylic acids is 1. The highest BCUT2D eigenvalue weighted by atomic mass is 35.5. The van der Waals surface area contributed by atoms with Gasteiger partial charge < -0.3 is 14.7 Å². The zero-order valence-electron chi connectivity index (χ0n) is 9.02. The SMILES string of the molecule is CCCOC(=O)/C(=C/C(=O)O)N(C)C.Cl. The second-order valence-electron chi connectivity index (χ2n) is 2.90. The van der Waals surface area contributed by atoms with Crippen LogP contribution in [0.4, 0.5) is 0 Å². The van der Waals surface area contributed by atoms with Gasteiger partial charge in [-0.3, -0.25) is 0 Å². The van der Waals surface area contributed by atoms with Crippen LogP contribution in [-0.4, -0.2) is 42.6 Å². The van der Waals surface area contributed by atoms with Crippen molar-refractivity contribution in [2.45, 2.75) is 13.3 Å². The third kappa shape index (κ3) is 6.79. The van der Waals surface area contributed by atoms with Gasteiger partial charge in [0.1, 0.15) is 5.70 Å². The molecule has 0 aromatic rings. The molecule has 0 rings (SSSR count). The second kappa shape index (κ2) is 8.11. The molecular weight excluding hydrogens is 222 g/mol. The minimum Gasteiger partial charge on any atom is -0.478 e. The molecule has 0 saturated carbocycles. The van der Waals surface area contributed by atoms with Crippen molar-refractivity contribution in [3.05, 3.63) is 11.8 Å². The van der Waals surface area contributed by atoms with E-state index in [1.54, 1.807) is 14.1 Å². The molecule has 0 aliphatic carbocycles. The van der Waals surface area contributed by atoms with Gasteiger partial charge in [-0.15, -0.1) is 12.4 Å². The van der Waals surface area contributed by atoms with Crippen molar-refractivity contribution in [3.8, 4) is 0 Å². The molecule has 0 heterocycles. The van der Waals surface area contributed by atoms with Gasteiger partial charge in [0, 0.05) is 14.1 Å². The summed E-state index contributed by atoms with van der Waals surface area (Å²) in [4.78, 5) is 23.1. The molecule has 0 aliphatic rings. The first-order valence-corrected chi connectivity index (χ1v) is 4.28. The van der Waals surface area contributed by atoms with Crippen molar-refractivity contribution >= 4 is 24.3 Å². The van der Waals surface area contributed by atoms with Crippen LogP contribution in [0.1, 0.15) is 13.3 Å². The minimum atomic E-state index is -1.16. The molecule has 0 radical (unpaired) electrons. The molecule has 0 fully saturated rings. The first-order chi connectivity index (χ1) is 6.49. The third-order valence-electron chi connectivity index (χ3n) is 1.39. The molecular formula is C9H16ClNO4. The summed E-state index contributed by atoms with van der Waals surface area (Å²) < 4.78 is 4.80. The normalized spacial score (nSPS) is 10.2. The highest BCUT2D eigenvalue weighted by Gasteiger charge is 2.14. The number of hydrogen-bond donors (Lipinski definition) is 1. The van der Waals surface area contributed by atoms with Crippen molar-refractivity contribution in [2.75, 3.05) is 20.7 Å². The molecule has 0 saturated heterocycles. The Balaban J connectivity index is 0. The van der Waals surface area contributed by atoms with E-state index in [0.29, 0.717) is 13.0 Å². The van der Waals surface area contributed by atoms with E-state index in [9.17, 15) is 9.59 Å². The Morgan fingerprint density at radius 1 is 1.40 bits per heavy atom. The minimum absolute atomic E-state index is 0. The van der Waals surface area contributed by atoms with Crippen LogP contribution in [0.5, 0.6) is 0 Å². The maximum atomic E-state index is 11.3. The maximum absolute atomic E-state index is 11.3. The fraction of sp³-hybridized carbons (Fsp3) is 0.556.